The molecule has 0 aliphatic carbocycles. The molecule has 0 saturated carbocycles. The average molecular weight is 249 g/mol. The Morgan fingerprint density at radius 2 is 2.39 bits per heavy atom. The zero-order valence-corrected chi connectivity index (χ0v) is 11.0. The molecule has 2 heterocycles. The number of hydrogen-bond acceptors (Lipinski definition) is 4. The SMILES string of the molecule is CC(O)(Cc1ccnc(N)c1)CC1CCCCN1. The summed E-state index contributed by atoms with van der Waals surface area (Å²) in [4.78, 5) is 3.97. The molecule has 0 radical (unpaired) electrons. The second kappa shape index (κ2) is 5.67. The maximum atomic E-state index is 10.5. The molecule has 0 amide bonds. The molecule has 0 spiro atoms. The number of anilines is 1. The normalized spacial score (nSPS) is 23.6. The first-order chi connectivity index (χ1) is 8.55. The fourth-order valence-corrected chi connectivity index (χ4v) is 2.75. The van der Waals surface area contributed by atoms with Gasteiger partial charge in [-0.15, -0.1) is 0 Å². The molecule has 1 aromatic rings. The maximum absolute atomic E-state index is 10.5. The Labute approximate surface area is 109 Å². The molecular formula is C14H23N3O. The third-order valence-corrected chi connectivity index (χ3v) is 3.53. The highest BCUT2D eigenvalue weighted by Crippen LogP contribution is 2.22. The highest BCUT2D eigenvalue weighted by Gasteiger charge is 2.26. The number of nitrogens with one attached hydrogen (secondary N) is 1. The number of aliphatic hydroxyl groups is 1. The number of nitrogen functional groups attached to an aromatic ring is 1. The predicted octanol–water partition coefficient (Wildman–Crippen LogP) is 1.49. The molecular weight excluding hydrogens is 226 g/mol. The first kappa shape index (κ1) is 13.3. The van der Waals surface area contributed by atoms with Crippen molar-refractivity contribution in [3.63, 3.8) is 0 Å². The van der Waals surface area contributed by atoms with Gasteiger partial charge in [-0.1, -0.05) is 6.42 Å². The molecule has 18 heavy (non-hydrogen) atoms. The quantitative estimate of drug-likeness (QED) is 0.756. The van der Waals surface area contributed by atoms with Crippen molar-refractivity contribution in [1.29, 1.82) is 0 Å². The summed E-state index contributed by atoms with van der Waals surface area (Å²) in [6, 6.07) is 4.19. The number of aromatic nitrogens is 1. The van der Waals surface area contributed by atoms with Gasteiger partial charge in [-0.05, 0) is 50.4 Å². The van der Waals surface area contributed by atoms with E-state index in [1.54, 1.807) is 6.20 Å². The van der Waals surface area contributed by atoms with Crippen LogP contribution in [-0.2, 0) is 6.42 Å². The summed E-state index contributed by atoms with van der Waals surface area (Å²) < 4.78 is 0. The third kappa shape index (κ3) is 3.96. The van der Waals surface area contributed by atoms with Gasteiger partial charge < -0.3 is 16.2 Å². The Kier molecular flexibility index (Phi) is 4.19. The molecule has 2 rings (SSSR count). The molecule has 0 bridgehead atoms. The summed E-state index contributed by atoms with van der Waals surface area (Å²) >= 11 is 0. The van der Waals surface area contributed by atoms with E-state index in [2.05, 4.69) is 10.3 Å². The predicted molar refractivity (Wildman–Crippen MR) is 73.2 cm³/mol. The molecule has 1 aliphatic rings. The van der Waals surface area contributed by atoms with Crippen LogP contribution in [0.1, 0.15) is 38.2 Å². The molecule has 1 aromatic heterocycles. The highest BCUT2D eigenvalue weighted by atomic mass is 16.3. The maximum Gasteiger partial charge on any atom is 0.123 e. The molecule has 100 valence electrons. The minimum atomic E-state index is -0.692. The van der Waals surface area contributed by atoms with E-state index >= 15 is 0 Å². The first-order valence-electron chi connectivity index (χ1n) is 6.71. The van der Waals surface area contributed by atoms with E-state index in [0.717, 1.165) is 24.9 Å². The molecule has 4 N–H and O–H groups in total. The topological polar surface area (TPSA) is 71.2 Å². The van der Waals surface area contributed by atoms with E-state index < -0.39 is 5.60 Å². The van der Waals surface area contributed by atoms with Gasteiger partial charge in [0.05, 0.1) is 5.60 Å². The van der Waals surface area contributed by atoms with E-state index in [4.69, 9.17) is 5.73 Å². The van der Waals surface area contributed by atoms with E-state index in [-0.39, 0.29) is 0 Å². The minimum Gasteiger partial charge on any atom is -0.390 e. The van der Waals surface area contributed by atoms with Crippen molar-refractivity contribution in [2.24, 2.45) is 0 Å². The van der Waals surface area contributed by atoms with Gasteiger partial charge in [0, 0.05) is 18.7 Å². The van der Waals surface area contributed by atoms with Gasteiger partial charge in [-0.2, -0.15) is 0 Å². The molecule has 1 saturated heterocycles. The Bertz CT molecular complexity index is 386. The van der Waals surface area contributed by atoms with Gasteiger partial charge in [0.25, 0.3) is 0 Å². The van der Waals surface area contributed by atoms with Crippen LogP contribution < -0.4 is 11.1 Å². The minimum absolute atomic E-state index is 0.438. The van der Waals surface area contributed by atoms with Gasteiger partial charge in [0.1, 0.15) is 5.82 Å². The number of nitrogens with two attached hydrogens (primary N) is 1. The summed E-state index contributed by atoms with van der Waals surface area (Å²) in [7, 11) is 0. The van der Waals surface area contributed by atoms with Crippen molar-refractivity contribution in [2.75, 3.05) is 12.3 Å². The Hall–Kier alpha value is -1.13. The standard InChI is InChI=1S/C14H23N3O/c1-14(18,10-12-4-2-3-6-16-12)9-11-5-7-17-13(15)8-11/h5,7-8,12,16,18H,2-4,6,9-10H2,1H3,(H2,15,17). The van der Waals surface area contributed by atoms with Crippen LogP contribution in [0.15, 0.2) is 18.3 Å². The van der Waals surface area contributed by atoms with Crippen LogP contribution in [0.3, 0.4) is 0 Å². The van der Waals surface area contributed by atoms with Gasteiger partial charge >= 0.3 is 0 Å². The van der Waals surface area contributed by atoms with Crippen molar-refractivity contribution in [3.8, 4) is 0 Å². The summed E-state index contributed by atoms with van der Waals surface area (Å²) in [5.41, 5.74) is 6.01. The van der Waals surface area contributed by atoms with Crippen LogP contribution in [-0.4, -0.2) is 28.3 Å². The smallest absolute Gasteiger partial charge is 0.123 e. The largest absolute Gasteiger partial charge is 0.390 e. The Morgan fingerprint density at radius 1 is 1.56 bits per heavy atom. The molecule has 4 nitrogen and oxygen atoms in total. The van der Waals surface area contributed by atoms with Gasteiger partial charge in [0.15, 0.2) is 0 Å². The number of hydrogen-bond donors (Lipinski definition) is 3. The van der Waals surface area contributed by atoms with Crippen molar-refractivity contribution in [1.82, 2.24) is 10.3 Å². The van der Waals surface area contributed by atoms with Crippen LogP contribution in [0.2, 0.25) is 0 Å². The zero-order valence-electron chi connectivity index (χ0n) is 11.0. The molecule has 1 fully saturated rings. The average Bonchev–Trinajstić information content (AvgIpc) is 2.28. The Balaban J connectivity index is 1.93. The van der Waals surface area contributed by atoms with Gasteiger partial charge in [-0.25, -0.2) is 4.98 Å². The summed E-state index contributed by atoms with van der Waals surface area (Å²) in [5.74, 6) is 0.513. The number of pyridine rings is 1. The van der Waals surface area contributed by atoms with Crippen LogP contribution in [0.25, 0.3) is 0 Å². The van der Waals surface area contributed by atoms with E-state index in [9.17, 15) is 5.11 Å². The summed E-state index contributed by atoms with van der Waals surface area (Å²) in [5, 5.41) is 14.0. The fourth-order valence-electron chi connectivity index (χ4n) is 2.75. The lowest BCUT2D eigenvalue weighted by Crippen LogP contribution is -2.41. The second-order valence-electron chi connectivity index (χ2n) is 5.61. The fraction of sp³-hybridized carbons (Fsp3) is 0.643. The molecule has 4 heteroatoms. The zero-order chi connectivity index (χ0) is 13.0. The van der Waals surface area contributed by atoms with Gasteiger partial charge in [-0.3, -0.25) is 0 Å². The molecule has 1 aliphatic heterocycles. The van der Waals surface area contributed by atoms with Crippen LogP contribution in [0, 0.1) is 0 Å². The Morgan fingerprint density at radius 3 is 3.06 bits per heavy atom. The second-order valence-corrected chi connectivity index (χ2v) is 5.61. The van der Waals surface area contributed by atoms with Crippen LogP contribution in [0.4, 0.5) is 5.82 Å². The van der Waals surface area contributed by atoms with E-state index in [1.807, 2.05) is 19.1 Å². The van der Waals surface area contributed by atoms with E-state index in [1.165, 1.54) is 12.8 Å². The van der Waals surface area contributed by atoms with Crippen molar-refractivity contribution >= 4 is 5.82 Å². The first-order valence-corrected chi connectivity index (χ1v) is 6.71. The lowest BCUT2D eigenvalue weighted by molar-refractivity contribution is 0.0371. The highest BCUT2D eigenvalue weighted by molar-refractivity contribution is 5.32. The lowest BCUT2D eigenvalue weighted by Gasteiger charge is -2.31. The third-order valence-electron chi connectivity index (χ3n) is 3.53. The molecule has 2 atom stereocenters. The van der Waals surface area contributed by atoms with Gasteiger partial charge in [0.2, 0.25) is 0 Å². The lowest BCUT2D eigenvalue weighted by atomic mass is 9.87. The summed E-state index contributed by atoms with van der Waals surface area (Å²) in [6.07, 6.45) is 6.77. The monoisotopic (exact) mass is 249 g/mol. The number of nitrogens with zero attached hydrogens (tertiary/aromatic N) is 1. The summed E-state index contributed by atoms with van der Waals surface area (Å²) in [6.45, 7) is 2.98. The van der Waals surface area contributed by atoms with Crippen molar-refractivity contribution in [3.05, 3.63) is 23.9 Å². The number of rotatable bonds is 4. The van der Waals surface area contributed by atoms with Crippen molar-refractivity contribution in [2.45, 2.75) is 50.7 Å². The van der Waals surface area contributed by atoms with E-state index in [0.29, 0.717) is 18.3 Å². The molecule has 0 aromatic carbocycles. The van der Waals surface area contributed by atoms with Crippen LogP contribution >= 0.6 is 0 Å². The number of piperidine rings is 1. The van der Waals surface area contributed by atoms with Crippen molar-refractivity contribution < 1.29 is 5.11 Å². The molecule has 2 unspecified atom stereocenters. The van der Waals surface area contributed by atoms with Crippen LogP contribution in [0.5, 0.6) is 0 Å².